The van der Waals surface area contributed by atoms with Crippen molar-refractivity contribution in [2.45, 2.75) is 47.1 Å². The van der Waals surface area contributed by atoms with Crippen LogP contribution < -0.4 is 14.8 Å². The summed E-state index contributed by atoms with van der Waals surface area (Å²) in [7, 11) is 0. The van der Waals surface area contributed by atoms with E-state index < -0.39 is 0 Å². The zero-order valence-corrected chi connectivity index (χ0v) is 18.5. The van der Waals surface area contributed by atoms with Crippen molar-refractivity contribution in [3.8, 4) is 11.5 Å². The van der Waals surface area contributed by atoms with Crippen molar-refractivity contribution in [2.75, 3.05) is 32.8 Å². The lowest BCUT2D eigenvalue weighted by Crippen LogP contribution is -2.38. The molecule has 0 saturated carbocycles. The van der Waals surface area contributed by atoms with Gasteiger partial charge in [-0.3, -0.25) is 9.69 Å². The number of likely N-dealkylation sites (tertiary alicyclic amines) is 1. The van der Waals surface area contributed by atoms with E-state index in [-0.39, 0.29) is 5.91 Å². The Labute approximate surface area is 178 Å². The third kappa shape index (κ3) is 5.75. The number of aryl methyl sites for hydroxylation is 2. The number of ether oxygens (including phenoxy) is 2. The first-order valence-corrected chi connectivity index (χ1v) is 10.8. The average Bonchev–Trinajstić information content (AvgIpc) is 3.05. The molecule has 0 unspecified atom stereocenters. The Hall–Kier alpha value is -2.54. The van der Waals surface area contributed by atoms with E-state index in [0.717, 1.165) is 49.8 Å². The zero-order chi connectivity index (χ0) is 21.5. The Morgan fingerprint density at radius 1 is 1.17 bits per heavy atom. The molecule has 164 valence electrons. The molecule has 7 heteroatoms. The van der Waals surface area contributed by atoms with Gasteiger partial charge in [0.15, 0.2) is 11.5 Å². The number of carbonyl (C=O) groups excluding carboxylic acids is 1. The summed E-state index contributed by atoms with van der Waals surface area (Å²) in [6, 6.07) is 5.34. The van der Waals surface area contributed by atoms with Gasteiger partial charge in [0.05, 0.1) is 25.5 Å². The highest BCUT2D eigenvalue weighted by Crippen LogP contribution is 2.28. The van der Waals surface area contributed by atoms with E-state index >= 15 is 0 Å². The topological polar surface area (TPSA) is 76.8 Å². The molecule has 1 saturated heterocycles. The second kappa shape index (κ2) is 10.5. The minimum Gasteiger partial charge on any atom is -0.490 e. The van der Waals surface area contributed by atoms with E-state index in [9.17, 15) is 4.79 Å². The first kappa shape index (κ1) is 22.2. The molecule has 1 fully saturated rings. The highest BCUT2D eigenvalue weighted by molar-refractivity contribution is 5.94. The van der Waals surface area contributed by atoms with E-state index in [2.05, 4.69) is 15.2 Å². The molecule has 0 atom stereocenters. The number of rotatable bonds is 9. The smallest absolute Gasteiger partial charge is 0.251 e. The molecule has 2 heterocycles. The number of carbonyl (C=O) groups is 1. The van der Waals surface area contributed by atoms with Gasteiger partial charge in [0.25, 0.3) is 5.91 Å². The molecule has 1 N–H and O–H groups in total. The molecule has 2 aromatic rings. The van der Waals surface area contributed by atoms with Crippen LogP contribution in [0.4, 0.5) is 0 Å². The van der Waals surface area contributed by atoms with Crippen LogP contribution >= 0.6 is 0 Å². The van der Waals surface area contributed by atoms with Crippen LogP contribution in [0.15, 0.2) is 22.6 Å². The first-order chi connectivity index (χ1) is 14.5. The van der Waals surface area contributed by atoms with Gasteiger partial charge in [0, 0.05) is 12.1 Å². The Balaban J connectivity index is 1.47. The van der Waals surface area contributed by atoms with Gasteiger partial charge in [0.1, 0.15) is 5.76 Å². The van der Waals surface area contributed by atoms with Crippen molar-refractivity contribution in [1.82, 2.24) is 15.2 Å². The van der Waals surface area contributed by atoms with Crippen molar-refractivity contribution in [3.05, 3.63) is 41.1 Å². The number of nitrogens with one attached hydrogen (secondary N) is 1. The molecular formula is C23H33N3O4. The summed E-state index contributed by atoms with van der Waals surface area (Å²) in [6.45, 7) is 12.2. The fourth-order valence-electron chi connectivity index (χ4n) is 3.68. The average molecular weight is 416 g/mol. The van der Waals surface area contributed by atoms with Crippen LogP contribution in [0, 0.1) is 19.8 Å². The van der Waals surface area contributed by atoms with Crippen LogP contribution in [-0.2, 0) is 6.54 Å². The first-order valence-electron chi connectivity index (χ1n) is 10.8. The third-order valence-electron chi connectivity index (χ3n) is 5.50. The van der Waals surface area contributed by atoms with E-state index in [0.29, 0.717) is 42.7 Å². The number of oxazole rings is 1. The summed E-state index contributed by atoms with van der Waals surface area (Å²) in [5.74, 6) is 3.36. The maximum Gasteiger partial charge on any atom is 0.251 e. The van der Waals surface area contributed by atoms with Gasteiger partial charge in [-0.1, -0.05) is 0 Å². The van der Waals surface area contributed by atoms with E-state index in [4.69, 9.17) is 13.9 Å². The molecule has 0 bridgehead atoms. The highest BCUT2D eigenvalue weighted by atomic mass is 16.5. The van der Waals surface area contributed by atoms with Crippen LogP contribution in [0.2, 0.25) is 0 Å². The molecule has 7 nitrogen and oxygen atoms in total. The number of hydrogen-bond donors (Lipinski definition) is 1. The number of benzene rings is 1. The van der Waals surface area contributed by atoms with Gasteiger partial charge in [-0.15, -0.1) is 0 Å². The summed E-state index contributed by atoms with van der Waals surface area (Å²) < 4.78 is 16.9. The Morgan fingerprint density at radius 3 is 2.50 bits per heavy atom. The lowest BCUT2D eigenvalue weighted by atomic mass is 9.96. The number of aromatic nitrogens is 1. The highest BCUT2D eigenvalue weighted by Gasteiger charge is 2.22. The summed E-state index contributed by atoms with van der Waals surface area (Å²) in [5.41, 5.74) is 1.55. The molecule has 30 heavy (non-hydrogen) atoms. The molecule has 0 spiro atoms. The molecule has 1 aromatic carbocycles. The normalized spacial score (nSPS) is 15.2. The number of nitrogens with zero attached hydrogens (tertiary/aromatic N) is 2. The summed E-state index contributed by atoms with van der Waals surface area (Å²) in [6.07, 6.45) is 2.10. The third-order valence-corrected chi connectivity index (χ3v) is 5.50. The predicted molar refractivity (Wildman–Crippen MR) is 115 cm³/mol. The quantitative estimate of drug-likeness (QED) is 0.672. The van der Waals surface area contributed by atoms with Crippen LogP contribution in [0.3, 0.4) is 0 Å². The van der Waals surface area contributed by atoms with Crippen LogP contribution in [0.25, 0.3) is 0 Å². The number of piperidine rings is 1. The molecular weight excluding hydrogens is 382 g/mol. The minimum atomic E-state index is -0.0767. The summed E-state index contributed by atoms with van der Waals surface area (Å²) >= 11 is 0. The fourth-order valence-corrected chi connectivity index (χ4v) is 3.68. The molecule has 1 aliphatic heterocycles. The minimum absolute atomic E-state index is 0.0767. The molecule has 3 rings (SSSR count). The van der Waals surface area contributed by atoms with Gasteiger partial charge in [-0.05, 0) is 77.7 Å². The summed E-state index contributed by atoms with van der Waals surface area (Å²) in [5, 5.41) is 3.08. The van der Waals surface area contributed by atoms with Crippen LogP contribution in [0.1, 0.15) is 54.4 Å². The SMILES string of the molecule is CCOc1ccc(C(=O)NCC2CCN(Cc3nc(C)c(C)o3)CC2)cc1OCC. The molecule has 1 amide bonds. The lowest BCUT2D eigenvalue weighted by molar-refractivity contribution is 0.0933. The maximum atomic E-state index is 12.6. The van der Waals surface area contributed by atoms with Crippen molar-refractivity contribution in [3.63, 3.8) is 0 Å². The van der Waals surface area contributed by atoms with Crippen molar-refractivity contribution in [2.24, 2.45) is 5.92 Å². The molecule has 1 aliphatic rings. The van der Waals surface area contributed by atoms with Gasteiger partial charge in [-0.2, -0.15) is 0 Å². The Kier molecular flexibility index (Phi) is 7.74. The van der Waals surface area contributed by atoms with Crippen molar-refractivity contribution in [1.29, 1.82) is 0 Å². The van der Waals surface area contributed by atoms with Crippen LogP contribution in [0.5, 0.6) is 11.5 Å². The lowest BCUT2D eigenvalue weighted by Gasteiger charge is -2.31. The van der Waals surface area contributed by atoms with Gasteiger partial charge < -0.3 is 19.2 Å². The summed E-state index contributed by atoms with van der Waals surface area (Å²) in [4.78, 5) is 19.4. The van der Waals surface area contributed by atoms with Gasteiger partial charge in [-0.25, -0.2) is 4.98 Å². The van der Waals surface area contributed by atoms with E-state index in [1.54, 1.807) is 18.2 Å². The molecule has 0 aliphatic carbocycles. The number of hydrogen-bond acceptors (Lipinski definition) is 6. The van der Waals surface area contributed by atoms with Crippen LogP contribution in [-0.4, -0.2) is 48.6 Å². The number of amides is 1. The monoisotopic (exact) mass is 415 g/mol. The Bertz CT molecular complexity index is 821. The van der Waals surface area contributed by atoms with Crippen molar-refractivity contribution < 1.29 is 18.7 Å². The van der Waals surface area contributed by atoms with Gasteiger partial charge in [0.2, 0.25) is 5.89 Å². The second-order valence-electron chi connectivity index (χ2n) is 7.71. The molecule has 1 aromatic heterocycles. The Morgan fingerprint density at radius 2 is 1.87 bits per heavy atom. The van der Waals surface area contributed by atoms with E-state index in [1.807, 2.05) is 27.7 Å². The predicted octanol–water partition coefficient (Wildman–Crippen LogP) is 3.73. The van der Waals surface area contributed by atoms with E-state index in [1.165, 1.54) is 0 Å². The molecule has 0 radical (unpaired) electrons. The fraction of sp³-hybridized carbons (Fsp3) is 0.565. The van der Waals surface area contributed by atoms with Gasteiger partial charge >= 0.3 is 0 Å². The second-order valence-corrected chi connectivity index (χ2v) is 7.71. The van der Waals surface area contributed by atoms with Crippen molar-refractivity contribution >= 4 is 5.91 Å². The standard InChI is InChI=1S/C23H33N3O4/c1-5-28-20-8-7-19(13-21(20)29-6-2)23(27)24-14-18-9-11-26(12-10-18)15-22-25-16(3)17(4)30-22/h7-8,13,18H,5-6,9-12,14-15H2,1-4H3,(H,24,27). The largest absolute Gasteiger partial charge is 0.490 e. The maximum absolute atomic E-state index is 12.6. The zero-order valence-electron chi connectivity index (χ0n) is 18.5.